The first-order chi connectivity index (χ1) is 14.3. The summed E-state index contributed by atoms with van der Waals surface area (Å²) in [4.78, 5) is 2.65. The Hall–Kier alpha value is -2.28. The van der Waals surface area contributed by atoms with Crippen molar-refractivity contribution in [1.82, 2.24) is 19.8 Å². The van der Waals surface area contributed by atoms with Gasteiger partial charge in [0.15, 0.2) is 0 Å². The molecule has 3 fully saturated rings. The Kier molecular flexibility index (Phi) is 5.31. The molecule has 1 N–H and O–H groups in total. The van der Waals surface area contributed by atoms with Crippen LogP contribution in [0.5, 0.6) is 5.75 Å². The normalized spacial score (nSPS) is 25.8. The first-order valence-corrected chi connectivity index (χ1v) is 11.1. The smallest absolute Gasteiger partial charge is 0.123 e. The molecule has 2 unspecified atom stereocenters. The Bertz CT molecular complexity index is 939. The Morgan fingerprint density at radius 3 is 2.69 bits per heavy atom. The molecule has 3 saturated heterocycles. The lowest BCUT2D eigenvalue weighted by atomic mass is 9.76. The van der Waals surface area contributed by atoms with Crippen LogP contribution in [-0.2, 0) is 6.54 Å². The van der Waals surface area contributed by atoms with E-state index in [9.17, 15) is 0 Å². The van der Waals surface area contributed by atoms with Crippen LogP contribution < -0.4 is 10.1 Å². The van der Waals surface area contributed by atoms with E-state index in [1.54, 1.807) is 7.11 Å². The Morgan fingerprint density at radius 2 is 1.97 bits per heavy atom. The fraction of sp³-hybridized carbons (Fsp3) is 0.391. The van der Waals surface area contributed by atoms with Gasteiger partial charge in [-0.1, -0.05) is 34.8 Å². The number of hydrogen-bond acceptors (Lipinski definition) is 6. The summed E-state index contributed by atoms with van der Waals surface area (Å²) in [6, 6.07) is 18.1. The fourth-order valence-corrected chi connectivity index (χ4v) is 5.45. The van der Waals surface area contributed by atoms with E-state index in [-0.39, 0.29) is 0 Å². The number of aromatic nitrogens is 2. The van der Waals surface area contributed by atoms with Gasteiger partial charge in [-0.2, -0.15) is 0 Å². The summed E-state index contributed by atoms with van der Waals surface area (Å²) >= 11 is 1.38. The van der Waals surface area contributed by atoms with Crippen molar-refractivity contribution in [3.05, 3.63) is 65.0 Å². The second-order valence-corrected chi connectivity index (χ2v) is 8.56. The molecule has 3 aliphatic rings. The number of piperidine rings is 3. The molecule has 1 aromatic heterocycles. The third kappa shape index (κ3) is 3.68. The minimum absolute atomic E-state index is 0.445. The Labute approximate surface area is 175 Å². The van der Waals surface area contributed by atoms with Gasteiger partial charge in [0.05, 0.1) is 13.2 Å². The molecular formula is C23H26N4OS. The lowest BCUT2D eigenvalue weighted by molar-refractivity contribution is 0.0112. The van der Waals surface area contributed by atoms with Gasteiger partial charge in [-0.05, 0) is 67.1 Å². The second kappa shape index (κ2) is 8.22. The maximum absolute atomic E-state index is 5.65. The van der Waals surface area contributed by atoms with Crippen LogP contribution in [0.2, 0.25) is 0 Å². The molecule has 5 nitrogen and oxygen atoms in total. The van der Waals surface area contributed by atoms with Crippen molar-refractivity contribution in [3.8, 4) is 17.0 Å². The van der Waals surface area contributed by atoms with Gasteiger partial charge in [0.2, 0.25) is 0 Å². The molecule has 6 heteroatoms. The third-order valence-corrected chi connectivity index (χ3v) is 6.93. The van der Waals surface area contributed by atoms with Gasteiger partial charge in [0, 0.05) is 29.1 Å². The van der Waals surface area contributed by atoms with E-state index in [2.05, 4.69) is 62.3 Å². The lowest BCUT2D eigenvalue weighted by Crippen LogP contribution is -2.57. The zero-order chi connectivity index (χ0) is 19.6. The van der Waals surface area contributed by atoms with Gasteiger partial charge >= 0.3 is 0 Å². The highest BCUT2D eigenvalue weighted by molar-refractivity contribution is 7.03. The third-order valence-electron chi connectivity index (χ3n) is 6.42. The monoisotopic (exact) mass is 406 g/mol. The standard InChI is InChI=1S/C23H26N4OS/c1-28-21-8-7-18(20-15-29-26-25-20)13-19(21)14-24-22-16-9-11-27(12-10-16)23(22)17-5-3-2-4-6-17/h2-8,13,15-16,22-24H,9-12,14H2,1H3. The van der Waals surface area contributed by atoms with Gasteiger partial charge in [-0.15, -0.1) is 5.10 Å². The van der Waals surface area contributed by atoms with Crippen LogP contribution in [0.15, 0.2) is 53.9 Å². The lowest BCUT2D eigenvalue weighted by Gasteiger charge is -2.51. The summed E-state index contributed by atoms with van der Waals surface area (Å²) in [7, 11) is 1.74. The predicted molar refractivity (Wildman–Crippen MR) is 116 cm³/mol. The van der Waals surface area contributed by atoms with Crippen molar-refractivity contribution in [2.45, 2.75) is 31.5 Å². The second-order valence-electron chi connectivity index (χ2n) is 7.95. The van der Waals surface area contributed by atoms with Crippen LogP contribution in [0.1, 0.15) is 30.0 Å². The molecule has 6 rings (SSSR count). The summed E-state index contributed by atoms with van der Waals surface area (Å²) in [5.41, 5.74) is 4.60. The first kappa shape index (κ1) is 18.7. The minimum Gasteiger partial charge on any atom is -0.496 e. The van der Waals surface area contributed by atoms with Crippen LogP contribution in [0.25, 0.3) is 11.3 Å². The highest BCUT2D eigenvalue weighted by atomic mass is 32.1. The molecule has 2 bridgehead atoms. The quantitative estimate of drug-likeness (QED) is 0.667. The van der Waals surface area contributed by atoms with Gasteiger partial charge in [-0.25, -0.2) is 0 Å². The van der Waals surface area contributed by atoms with Gasteiger partial charge in [0.1, 0.15) is 11.4 Å². The van der Waals surface area contributed by atoms with Crippen molar-refractivity contribution in [2.24, 2.45) is 5.92 Å². The number of benzene rings is 2. The van der Waals surface area contributed by atoms with Crippen molar-refractivity contribution in [2.75, 3.05) is 20.2 Å². The highest BCUT2D eigenvalue weighted by Crippen LogP contribution is 2.41. The van der Waals surface area contributed by atoms with Crippen molar-refractivity contribution < 1.29 is 4.74 Å². The van der Waals surface area contributed by atoms with E-state index in [0.717, 1.165) is 29.5 Å². The van der Waals surface area contributed by atoms with E-state index in [1.807, 2.05) is 11.4 Å². The number of fused-ring (bicyclic) bond motifs is 3. The first-order valence-electron chi connectivity index (χ1n) is 10.3. The number of methoxy groups -OCH3 is 1. The minimum atomic E-state index is 0.445. The molecule has 0 radical (unpaired) electrons. The van der Waals surface area contributed by atoms with Crippen LogP contribution in [0, 0.1) is 5.92 Å². The van der Waals surface area contributed by atoms with E-state index >= 15 is 0 Å². The van der Waals surface area contributed by atoms with Gasteiger partial charge < -0.3 is 10.1 Å². The molecule has 0 saturated carbocycles. The molecule has 0 spiro atoms. The zero-order valence-electron chi connectivity index (χ0n) is 16.6. The Morgan fingerprint density at radius 1 is 1.14 bits per heavy atom. The number of hydrogen-bond donors (Lipinski definition) is 1. The van der Waals surface area contributed by atoms with Gasteiger partial charge in [-0.3, -0.25) is 4.90 Å². The van der Waals surface area contributed by atoms with Crippen molar-refractivity contribution in [3.63, 3.8) is 0 Å². The van der Waals surface area contributed by atoms with E-state index in [1.165, 1.54) is 48.6 Å². The zero-order valence-corrected chi connectivity index (χ0v) is 17.4. The summed E-state index contributed by atoms with van der Waals surface area (Å²) in [5, 5.41) is 10.1. The molecule has 3 aliphatic heterocycles. The largest absolute Gasteiger partial charge is 0.496 e. The van der Waals surface area contributed by atoms with E-state index < -0.39 is 0 Å². The maximum Gasteiger partial charge on any atom is 0.123 e. The molecule has 0 amide bonds. The topological polar surface area (TPSA) is 50.3 Å². The SMILES string of the molecule is COc1ccc(-c2csnn2)cc1CNC1C2CCN(CC2)C1c1ccccc1. The molecule has 150 valence electrons. The van der Waals surface area contributed by atoms with Crippen LogP contribution in [0.4, 0.5) is 0 Å². The molecule has 4 heterocycles. The van der Waals surface area contributed by atoms with E-state index in [0.29, 0.717) is 12.1 Å². The van der Waals surface area contributed by atoms with Crippen LogP contribution in [-0.4, -0.2) is 40.7 Å². The molecule has 2 aromatic carbocycles. The number of nitrogens with zero attached hydrogens (tertiary/aromatic N) is 3. The number of rotatable bonds is 6. The number of nitrogens with one attached hydrogen (secondary N) is 1. The van der Waals surface area contributed by atoms with Crippen molar-refractivity contribution >= 4 is 11.5 Å². The van der Waals surface area contributed by atoms with Gasteiger partial charge in [0.25, 0.3) is 0 Å². The van der Waals surface area contributed by atoms with Crippen molar-refractivity contribution in [1.29, 1.82) is 0 Å². The van der Waals surface area contributed by atoms with E-state index in [4.69, 9.17) is 4.74 Å². The van der Waals surface area contributed by atoms with Crippen LogP contribution >= 0.6 is 11.5 Å². The predicted octanol–water partition coefficient (Wildman–Crippen LogP) is 4.14. The summed E-state index contributed by atoms with van der Waals surface area (Å²) in [6.07, 6.45) is 2.56. The molecule has 3 aromatic rings. The number of ether oxygens (including phenoxy) is 1. The maximum atomic E-state index is 5.65. The average molecular weight is 407 g/mol. The molecule has 29 heavy (non-hydrogen) atoms. The summed E-state index contributed by atoms with van der Waals surface area (Å²) < 4.78 is 9.65. The molecule has 0 aliphatic carbocycles. The molecular weight excluding hydrogens is 380 g/mol. The summed E-state index contributed by atoms with van der Waals surface area (Å²) in [6.45, 7) is 3.20. The van der Waals surface area contributed by atoms with Crippen LogP contribution in [0.3, 0.4) is 0 Å². The summed E-state index contributed by atoms with van der Waals surface area (Å²) in [5.74, 6) is 1.64. The fourth-order valence-electron chi connectivity index (χ4n) is 4.98. The molecule has 2 atom stereocenters. The Balaban J connectivity index is 1.40. The average Bonchev–Trinajstić information content (AvgIpc) is 3.33. The highest BCUT2D eigenvalue weighted by Gasteiger charge is 2.42.